The van der Waals surface area contributed by atoms with Crippen LogP contribution in [0.3, 0.4) is 0 Å². The molecule has 5 nitrogen and oxygen atoms in total. The molecule has 1 fully saturated rings. The monoisotopic (exact) mass is 339 g/mol. The van der Waals surface area contributed by atoms with Crippen molar-refractivity contribution in [2.24, 2.45) is 7.05 Å². The van der Waals surface area contributed by atoms with Crippen LogP contribution in [0.25, 0.3) is 0 Å². The molecular formula is C16H20F3N5. The van der Waals surface area contributed by atoms with E-state index in [4.69, 9.17) is 0 Å². The highest BCUT2D eigenvalue weighted by Crippen LogP contribution is 2.31. The zero-order valence-corrected chi connectivity index (χ0v) is 13.7. The molecule has 0 spiro atoms. The van der Waals surface area contributed by atoms with Crippen molar-refractivity contribution < 1.29 is 13.2 Å². The number of benzene rings is 1. The maximum Gasteiger partial charge on any atom is 0.416 e. The standard InChI is InChI=1S/C16H20F3N5/c1-12-20-21-15(22(12)2)11-23-6-8-24(9-7-23)14-5-3-4-13(10-14)16(17,18)19/h3-5,10H,6-9,11H2,1-2H3. The molecule has 1 aliphatic rings. The number of aromatic nitrogens is 3. The van der Waals surface area contributed by atoms with E-state index < -0.39 is 11.7 Å². The molecule has 2 heterocycles. The Morgan fingerprint density at radius 2 is 1.79 bits per heavy atom. The van der Waals surface area contributed by atoms with E-state index in [1.54, 1.807) is 6.07 Å². The number of nitrogens with zero attached hydrogens (tertiary/aromatic N) is 5. The van der Waals surface area contributed by atoms with Crippen LogP contribution in [0.1, 0.15) is 17.2 Å². The highest BCUT2D eigenvalue weighted by molar-refractivity contribution is 5.49. The van der Waals surface area contributed by atoms with Gasteiger partial charge in [-0.3, -0.25) is 4.90 Å². The normalized spacial score (nSPS) is 16.6. The Labute approximate surface area is 138 Å². The second-order valence-electron chi connectivity index (χ2n) is 6.03. The molecule has 2 aromatic rings. The second-order valence-corrected chi connectivity index (χ2v) is 6.03. The van der Waals surface area contributed by atoms with Crippen molar-refractivity contribution in [3.63, 3.8) is 0 Å². The van der Waals surface area contributed by atoms with Crippen molar-refractivity contribution in [2.45, 2.75) is 19.6 Å². The number of rotatable bonds is 3. The summed E-state index contributed by atoms with van der Waals surface area (Å²) in [7, 11) is 1.93. The minimum absolute atomic E-state index is 0.600. The molecule has 0 aliphatic carbocycles. The van der Waals surface area contributed by atoms with Gasteiger partial charge in [0.1, 0.15) is 11.6 Å². The van der Waals surface area contributed by atoms with Crippen molar-refractivity contribution in [1.29, 1.82) is 0 Å². The van der Waals surface area contributed by atoms with E-state index in [1.807, 2.05) is 23.4 Å². The minimum Gasteiger partial charge on any atom is -0.369 e. The summed E-state index contributed by atoms with van der Waals surface area (Å²) < 4.78 is 40.5. The van der Waals surface area contributed by atoms with Crippen LogP contribution < -0.4 is 4.90 Å². The molecule has 24 heavy (non-hydrogen) atoms. The lowest BCUT2D eigenvalue weighted by atomic mass is 10.1. The Hall–Kier alpha value is -2.09. The lowest BCUT2D eigenvalue weighted by molar-refractivity contribution is -0.137. The van der Waals surface area contributed by atoms with Crippen LogP contribution in [0.2, 0.25) is 0 Å². The average Bonchev–Trinajstić information content (AvgIpc) is 2.87. The van der Waals surface area contributed by atoms with Gasteiger partial charge < -0.3 is 9.47 Å². The van der Waals surface area contributed by atoms with Crippen LogP contribution in [0, 0.1) is 6.92 Å². The summed E-state index contributed by atoms with van der Waals surface area (Å²) in [5.74, 6) is 1.77. The molecular weight excluding hydrogens is 319 g/mol. The molecule has 0 radical (unpaired) electrons. The smallest absolute Gasteiger partial charge is 0.369 e. The summed E-state index contributed by atoms with van der Waals surface area (Å²) in [4.78, 5) is 4.24. The first-order valence-electron chi connectivity index (χ1n) is 7.84. The summed E-state index contributed by atoms with van der Waals surface area (Å²) in [5.41, 5.74) is 0.0240. The fourth-order valence-electron chi connectivity index (χ4n) is 2.83. The zero-order chi connectivity index (χ0) is 17.3. The third-order valence-electron chi connectivity index (χ3n) is 4.46. The molecule has 1 aliphatic heterocycles. The fraction of sp³-hybridized carbons (Fsp3) is 0.500. The van der Waals surface area contributed by atoms with Crippen molar-refractivity contribution in [1.82, 2.24) is 19.7 Å². The van der Waals surface area contributed by atoms with Gasteiger partial charge in [0.2, 0.25) is 0 Å². The predicted octanol–water partition coefficient (Wildman–Crippen LogP) is 2.46. The first kappa shape index (κ1) is 16.8. The van der Waals surface area contributed by atoms with Gasteiger partial charge in [-0.05, 0) is 25.1 Å². The summed E-state index contributed by atoms with van der Waals surface area (Å²) in [6, 6.07) is 5.53. The Morgan fingerprint density at radius 3 is 2.38 bits per heavy atom. The van der Waals surface area contributed by atoms with Gasteiger partial charge in [0.25, 0.3) is 0 Å². The largest absolute Gasteiger partial charge is 0.416 e. The third kappa shape index (κ3) is 3.53. The molecule has 3 rings (SSSR count). The van der Waals surface area contributed by atoms with E-state index in [0.717, 1.165) is 30.8 Å². The van der Waals surface area contributed by atoms with Crippen LogP contribution in [-0.2, 0) is 19.8 Å². The van der Waals surface area contributed by atoms with Crippen LogP contribution in [-0.4, -0.2) is 45.8 Å². The van der Waals surface area contributed by atoms with Gasteiger partial charge in [-0.15, -0.1) is 10.2 Å². The highest BCUT2D eigenvalue weighted by atomic mass is 19.4. The van der Waals surface area contributed by atoms with Gasteiger partial charge in [-0.2, -0.15) is 13.2 Å². The van der Waals surface area contributed by atoms with Gasteiger partial charge in [0.15, 0.2) is 0 Å². The maximum atomic E-state index is 12.8. The lowest BCUT2D eigenvalue weighted by Gasteiger charge is -2.36. The minimum atomic E-state index is -4.30. The maximum absolute atomic E-state index is 12.8. The van der Waals surface area contributed by atoms with E-state index in [1.165, 1.54) is 12.1 Å². The topological polar surface area (TPSA) is 37.2 Å². The number of aryl methyl sites for hydroxylation is 1. The van der Waals surface area contributed by atoms with E-state index in [0.29, 0.717) is 25.3 Å². The van der Waals surface area contributed by atoms with Crippen LogP contribution in [0.4, 0.5) is 18.9 Å². The van der Waals surface area contributed by atoms with Crippen LogP contribution >= 0.6 is 0 Å². The SMILES string of the molecule is Cc1nnc(CN2CCN(c3cccc(C(F)(F)F)c3)CC2)n1C. The number of hydrogen-bond donors (Lipinski definition) is 0. The summed E-state index contributed by atoms with van der Waals surface area (Å²) in [6.07, 6.45) is -4.30. The van der Waals surface area contributed by atoms with Crippen LogP contribution in [0.5, 0.6) is 0 Å². The molecule has 1 aromatic heterocycles. The first-order chi connectivity index (χ1) is 11.3. The van der Waals surface area contributed by atoms with Gasteiger partial charge in [0.05, 0.1) is 12.1 Å². The summed E-state index contributed by atoms with van der Waals surface area (Å²) in [5, 5.41) is 8.20. The number of piperazine rings is 1. The van der Waals surface area contributed by atoms with Crippen molar-refractivity contribution in [3.05, 3.63) is 41.5 Å². The molecule has 0 unspecified atom stereocenters. The molecule has 1 saturated heterocycles. The Kier molecular flexibility index (Phi) is 4.49. The number of halogens is 3. The highest BCUT2D eigenvalue weighted by Gasteiger charge is 2.31. The molecule has 0 bridgehead atoms. The average molecular weight is 339 g/mol. The fourth-order valence-corrected chi connectivity index (χ4v) is 2.83. The van der Waals surface area contributed by atoms with Gasteiger partial charge in [-0.25, -0.2) is 0 Å². The molecule has 0 saturated carbocycles. The Bertz CT molecular complexity index is 702. The van der Waals surface area contributed by atoms with Crippen molar-refractivity contribution in [2.75, 3.05) is 31.1 Å². The molecule has 0 amide bonds. The van der Waals surface area contributed by atoms with Crippen molar-refractivity contribution >= 4 is 5.69 Å². The predicted molar refractivity (Wildman–Crippen MR) is 84.7 cm³/mol. The quantitative estimate of drug-likeness (QED) is 0.861. The van der Waals surface area contributed by atoms with Gasteiger partial charge >= 0.3 is 6.18 Å². The molecule has 1 aromatic carbocycles. The summed E-state index contributed by atoms with van der Waals surface area (Å²) >= 11 is 0. The van der Waals surface area contributed by atoms with Gasteiger partial charge in [-0.1, -0.05) is 6.07 Å². The first-order valence-corrected chi connectivity index (χ1v) is 7.84. The Balaban J connectivity index is 1.62. The zero-order valence-electron chi connectivity index (χ0n) is 13.7. The molecule has 0 atom stereocenters. The van der Waals surface area contributed by atoms with Crippen molar-refractivity contribution in [3.8, 4) is 0 Å². The second kappa shape index (κ2) is 6.43. The van der Waals surface area contributed by atoms with E-state index in [9.17, 15) is 13.2 Å². The number of anilines is 1. The van der Waals surface area contributed by atoms with E-state index in [2.05, 4.69) is 15.1 Å². The lowest BCUT2D eigenvalue weighted by Crippen LogP contribution is -2.46. The Morgan fingerprint density at radius 1 is 1.08 bits per heavy atom. The summed E-state index contributed by atoms with van der Waals surface area (Å²) in [6.45, 7) is 5.55. The molecule has 8 heteroatoms. The van der Waals surface area contributed by atoms with E-state index in [-0.39, 0.29) is 0 Å². The van der Waals surface area contributed by atoms with Gasteiger partial charge in [0, 0.05) is 38.9 Å². The van der Waals surface area contributed by atoms with Crippen LogP contribution in [0.15, 0.2) is 24.3 Å². The number of alkyl halides is 3. The number of hydrogen-bond acceptors (Lipinski definition) is 4. The third-order valence-corrected chi connectivity index (χ3v) is 4.46. The molecule has 0 N–H and O–H groups in total. The molecule has 130 valence electrons. The van der Waals surface area contributed by atoms with E-state index >= 15 is 0 Å².